The molecule has 0 fully saturated rings. The fourth-order valence-electron chi connectivity index (χ4n) is 0.869. The Morgan fingerprint density at radius 3 is 2.62 bits per heavy atom. The van der Waals surface area contributed by atoms with Crippen molar-refractivity contribution in [3.8, 4) is 5.00 Å². The molecule has 0 spiro atoms. The topological polar surface area (TPSA) is 73.8 Å². The van der Waals surface area contributed by atoms with Gasteiger partial charge in [0.05, 0.1) is 4.92 Å². The van der Waals surface area contributed by atoms with Crippen LogP contribution < -0.4 is 0 Å². The van der Waals surface area contributed by atoms with E-state index in [2.05, 4.69) is 10.2 Å². The third-order valence-corrected chi connectivity index (χ3v) is 2.48. The summed E-state index contributed by atoms with van der Waals surface area (Å²) in [4.78, 5) is 9.94. The molecule has 0 aliphatic carbocycles. The van der Waals surface area contributed by atoms with E-state index in [1.54, 1.807) is 10.6 Å². The van der Waals surface area contributed by atoms with E-state index in [1.807, 2.05) is 0 Å². The predicted molar refractivity (Wildman–Crippen MR) is 45.9 cm³/mol. The summed E-state index contributed by atoms with van der Waals surface area (Å²) in [5.74, 6) is 0. The molecule has 2 heterocycles. The summed E-state index contributed by atoms with van der Waals surface area (Å²) in [5, 5.41) is 18.4. The first-order chi connectivity index (χ1) is 6.27. The molecule has 7 heteroatoms. The van der Waals surface area contributed by atoms with E-state index < -0.39 is 4.92 Å². The van der Waals surface area contributed by atoms with Crippen molar-refractivity contribution in [3.63, 3.8) is 0 Å². The van der Waals surface area contributed by atoms with E-state index in [-0.39, 0.29) is 5.00 Å². The Morgan fingerprint density at radius 1 is 1.38 bits per heavy atom. The van der Waals surface area contributed by atoms with E-state index in [4.69, 9.17) is 0 Å². The first kappa shape index (κ1) is 7.87. The van der Waals surface area contributed by atoms with Gasteiger partial charge >= 0.3 is 5.00 Å². The lowest BCUT2D eigenvalue weighted by molar-refractivity contribution is -0.380. The van der Waals surface area contributed by atoms with Gasteiger partial charge in [0.25, 0.3) is 0 Å². The fraction of sp³-hybridized carbons (Fsp3) is 0. The monoisotopic (exact) mass is 196 g/mol. The lowest BCUT2D eigenvalue weighted by Crippen LogP contribution is -1.83. The van der Waals surface area contributed by atoms with Crippen LogP contribution in [0.3, 0.4) is 0 Å². The third kappa shape index (κ3) is 1.41. The highest BCUT2D eigenvalue weighted by molar-refractivity contribution is 7.17. The fourth-order valence-corrected chi connectivity index (χ4v) is 1.63. The molecule has 0 radical (unpaired) electrons. The first-order valence-corrected chi connectivity index (χ1v) is 4.18. The highest BCUT2D eigenvalue weighted by Crippen LogP contribution is 2.26. The van der Waals surface area contributed by atoms with Gasteiger partial charge in [0.2, 0.25) is 0 Å². The van der Waals surface area contributed by atoms with Crippen LogP contribution >= 0.6 is 11.3 Å². The maximum atomic E-state index is 10.4. The molecule has 0 saturated carbocycles. The Kier molecular flexibility index (Phi) is 1.78. The van der Waals surface area contributed by atoms with Gasteiger partial charge in [-0.25, -0.2) is 0 Å². The average Bonchev–Trinajstić information content (AvgIpc) is 2.75. The minimum absolute atomic E-state index is 0.115. The van der Waals surface area contributed by atoms with Gasteiger partial charge in [-0.05, 0) is 17.4 Å². The number of aromatic nitrogens is 3. The quantitative estimate of drug-likeness (QED) is 0.535. The molecule has 0 aliphatic rings. The Labute approximate surface area is 76.6 Å². The van der Waals surface area contributed by atoms with Crippen LogP contribution in [0.4, 0.5) is 5.00 Å². The van der Waals surface area contributed by atoms with E-state index in [9.17, 15) is 10.1 Å². The summed E-state index contributed by atoms with van der Waals surface area (Å²) in [6.07, 6.45) is 2.99. The minimum Gasteiger partial charge on any atom is -0.279 e. The van der Waals surface area contributed by atoms with Gasteiger partial charge < -0.3 is 0 Å². The number of hydrogen-bond donors (Lipinski definition) is 0. The van der Waals surface area contributed by atoms with Crippen molar-refractivity contribution in [2.45, 2.75) is 0 Å². The summed E-state index contributed by atoms with van der Waals surface area (Å²) in [6.45, 7) is 0. The number of nitro groups is 1. The van der Waals surface area contributed by atoms with Crippen LogP contribution in [0.25, 0.3) is 5.00 Å². The van der Waals surface area contributed by atoms with Crippen molar-refractivity contribution >= 4 is 16.3 Å². The highest BCUT2D eigenvalue weighted by atomic mass is 32.1. The Balaban J connectivity index is 2.39. The SMILES string of the molecule is O=[N+]([O-])c1ccc(-n2cnnc2)s1. The maximum Gasteiger partial charge on any atom is 0.326 e. The van der Waals surface area contributed by atoms with E-state index in [0.717, 1.165) is 16.3 Å². The van der Waals surface area contributed by atoms with Gasteiger partial charge in [-0.2, -0.15) is 0 Å². The molecule has 0 amide bonds. The maximum absolute atomic E-state index is 10.4. The second-order valence-electron chi connectivity index (χ2n) is 2.24. The zero-order valence-electron chi connectivity index (χ0n) is 6.32. The molecule has 2 aromatic heterocycles. The predicted octanol–water partition coefficient (Wildman–Crippen LogP) is 1.24. The summed E-state index contributed by atoms with van der Waals surface area (Å²) in [6, 6.07) is 3.12. The first-order valence-electron chi connectivity index (χ1n) is 3.36. The molecule has 13 heavy (non-hydrogen) atoms. The molecule has 66 valence electrons. The average molecular weight is 196 g/mol. The molecule has 0 saturated heterocycles. The standard InChI is InChI=1S/C6H4N4O2S/c11-10(12)6-2-1-5(13-6)9-3-7-8-4-9/h1-4H. The third-order valence-electron chi connectivity index (χ3n) is 1.43. The molecule has 0 unspecified atom stereocenters. The highest BCUT2D eigenvalue weighted by Gasteiger charge is 2.10. The molecular weight excluding hydrogens is 192 g/mol. The molecular formula is C6H4N4O2S. The van der Waals surface area contributed by atoms with Crippen LogP contribution in [0.1, 0.15) is 0 Å². The molecule has 0 aliphatic heterocycles. The molecule has 0 N–H and O–H groups in total. The van der Waals surface area contributed by atoms with Crippen LogP contribution in [0.2, 0.25) is 0 Å². The normalized spacial score (nSPS) is 10.2. The summed E-state index contributed by atoms with van der Waals surface area (Å²) < 4.78 is 1.62. The summed E-state index contributed by atoms with van der Waals surface area (Å²) in [7, 11) is 0. The lowest BCUT2D eigenvalue weighted by Gasteiger charge is -1.90. The minimum atomic E-state index is -0.418. The second-order valence-corrected chi connectivity index (χ2v) is 3.28. The summed E-state index contributed by atoms with van der Waals surface area (Å²) in [5.41, 5.74) is 0. The van der Waals surface area contributed by atoms with Gasteiger partial charge in [-0.1, -0.05) is 0 Å². The van der Waals surface area contributed by atoms with Crippen molar-refractivity contribution in [1.82, 2.24) is 14.8 Å². The number of hydrogen-bond acceptors (Lipinski definition) is 5. The van der Waals surface area contributed by atoms with Crippen LogP contribution in [-0.4, -0.2) is 19.7 Å². The lowest BCUT2D eigenvalue weighted by atomic mass is 10.6. The van der Waals surface area contributed by atoms with Crippen LogP contribution in [0.5, 0.6) is 0 Å². The Bertz CT molecular complexity index is 422. The number of thiophene rings is 1. The van der Waals surface area contributed by atoms with E-state index in [0.29, 0.717) is 0 Å². The van der Waals surface area contributed by atoms with Gasteiger partial charge in [0, 0.05) is 6.07 Å². The van der Waals surface area contributed by atoms with Gasteiger partial charge in [-0.15, -0.1) is 10.2 Å². The number of nitrogens with zero attached hydrogens (tertiary/aromatic N) is 4. The molecule has 6 nitrogen and oxygen atoms in total. The van der Waals surface area contributed by atoms with Crippen molar-refractivity contribution < 1.29 is 4.92 Å². The van der Waals surface area contributed by atoms with E-state index >= 15 is 0 Å². The zero-order chi connectivity index (χ0) is 9.26. The van der Waals surface area contributed by atoms with E-state index in [1.165, 1.54) is 18.7 Å². The second kappa shape index (κ2) is 2.94. The Morgan fingerprint density at radius 2 is 2.08 bits per heavy atom. The molecule has 2 aromatic rings. The molecule has 0 atom stereocenters. The van der Waals surface area contributed by atoms with Crippen molar-refractivity contribution in [2.24, 2.45) is 0 Å². The van der Waals surface area contributed by atoms with Gasteiger partial charge in [0.1, 0.15) is 17.7 Å². The van der Waals surface area contributed by atoms with Crippen molar-refractivity contribution in [1.29, 1.82) is 0 Å². The Hall–Kier alpha value is -1.76. The van der Waals surface area contributed by atoms with Crippen molar-refractivity contribution in [3.05, 3.63) is 34.9 Å². The number of rotatable bonds is 2. The molecule has 2 rings (SSSR count). The van der Waals surface area contributed by atoms with Crippen LogP contribution in [-0.2, 0) is 0 Å². The van der Waals surface area contributed by atoms with Crippen molar-refractivity contribution in [2.75, 3.05) is 0 Å². The molecule has 0 bridgehead atoms. The van der Waals surface area contributed by atoms with Gasteiger partial charge in [-0.3, -0.25) is 14.7 Å². The smallest absolute Gasteiger partial charge is 0.279 e. The van der Waals surface area contributed by atoms with Crippen LogP contribution in [0, 0.1) is 10.1 Å². The molecule has 0 aromatic carbocycles. The largest absolute Gasteiger partial charge is 0.326 e. The van der Waals surface area contributed by atoms with Crippen LogP contribution in [0.15, 0.2) is 24.8 Å². The summed E-state index contributed by atoms with van der Waals surface area (Å²) >= 11 is 1.08. The zero-order valence-corrected chi connectivity index (χ0v) is 7.14. The van der Waals surface area contributed by atoms with Gasteiger partial charge in [0.15, 0.2) is 0 Å².